The molecule has 0 aliphatic carbocycles. The normalized spacial score (nSPS) is 10.1. The molecule has 0 aliphatic heterocycles. The first-order chi connectivity index (χ1) is 13.4. The fourth-order valence-corrected chi connectivity index (χ4v) is 3.01. The van der Waals surface area contributed by atoms with Crippen LogP contribution in [0.2, 0.25) is 0 Å². The number of hydrogen-bond acceptors (Lipinski definition) is 5. The van der Waals surface area contributed by atoms with Crippen LogP contribution in [-0.4, -0.2) is 49.1 Å². The van der Waals surface area contributed by atoms with Crippen LogP contribution >= 0.6 is 11.8 Å². The van der Waals surface area contributed by atoms with Gasteiger partial charge in [0.1, 0.15) is 0 Å². The molecule has 7 nitrogen and oxygen atoms in total. The Bertz CT molecular complexity index is 861. The van der Waals surface area contributed by atoms with Crippen molar-refractivity contribution in [1.82, 2.24) is 15.8 Å². The first-order valence-corrected chi connectivity index (χ1v) is 9.25. The Morgan fingerprint density at radius 2 is 1.71 bits per heavy atom. The Labute approximate surface area is 166 Å². The third-order valence-electron chi connectivity index (χ3n) is 3.49. The molecule has 0 unspecified atom stereocenters. The van der Waals surface area contributed by atoms with Crippen molar-refractivity contribution >= 4 is 29.5 Å². The Hall–Kier alpha value is -3.07. The highest BCUT2D eigenvalue weighted by Gasteiger charge is 2.14. The molecule has 2 rings (SSSR count). The highest BCUT2D eigenvalue weighted by atomic mass is 32.2. The minimum atomic E-state index is -0.649. The summed E-state index contributed by atoms with van der Waals surface area (Å²) >= 11 is 1.22. The van der Waals surface area contributed by atoms with Gasteiger partial charge in [-0.3, -0.25) is 25.2 Å². The second-order valence-electron chi connectivity index (χ2n) is 5.79. The summed E-state index contributed by atoms with van der Waals surface area (Å²) in [5.41, 5.74) is 4.80. The van der Waals surface area contributed by atoms with Gasteiger partial charge in [0, 0.05) is 19.0 Å². The van der Waals surface area contributed by atoms with Gasteiger partial charge in [-0.15, -0.1) is 11.8 Å². The van der Waals surface area contributed by atoms with Gasteiger partial charge in [-0.05, 0) is 24.3 Å². The molecule has 0 bridgehead atoms. The first-order valence-electron chi connectivity index (χ1n) is 8.27. The molecule has 0 saturated heterocycles. The molecule has 0 radical (unpaired) electrons. The predicted molar refractivity (Wildman–Crippen MR) is 103 cm³/mol. The molecule has 0 aromatic heterocycles. The van der Waals surface area contributed by atoms with E-state index in [4.69, 9.17) is 4.74 Å². The molecule has 3 amide bonds. The molecule has 0 spiro atoms. The number of nitrogens with zero attached hydrogens (tertiary/aromatic N) is 1. The zero-order chi connectivity index (χ0) is 20.5. The second-order valence-corrected chi connectivity index (χ2v) is 6.81. The maximum Gasteiger partial charge on any atom is 0.276 e. The van der Waals surface area contributed by atoms with E-state index in [9.17, 15) is 18.8 Å². The molecule has 0 saturated carbocycles. The number of benzene rings is 2. The maximum absolute atomic E-state index is 13.4. The van der Waals surface area contributed by atoms with E-state index in [1.165, 1.54) is 34.9 Å². The number of amides is 3. The Morgan fingerprint density at radius 3 is 2.43 bits per heavy atom. The Kier molecular flexibility index (Phi) is 7.82. The molecule has 0 aliphatic rings. The highest BCUT2D eigenvalue weighted by Crippen LogP contribution is 2.22. The topological polar surface area (TPSA) is 87.7 Å². The quantitative estimate of drug-likeness (QED) is 0.542. The SMILES string of the molecule is CN(C)C(=O)CSc1ccccc1C(=O)NNC(=O)COc1ccccc1F. The number of hydrazine groups is 1. The number of halogens is 1. The highest BCUT2D eigenvalue weighted by molar-refractivity contribution is 8.00. The van der Waals surface area contributed by atoms with Gasteiger partial charge < -0.3 is 9.64 Å². The van der Waals surface area contributed by atoms with Crippen LogP contribution in [0.3, 0.4) is 0 Å². The fraction of sp³-hybridized carbons (Fsp3) is 0.211. The maximum atomic E-state index is 13.4. The number of nitrogens with one attached hydrogen (secondary N) is 2. The van der Waals surface area contributed by atoms with Gasteiger partial charge in [0.05, 0.1) is 11.3 Å². The number of carbonyl (C=O) groups excluding carboxylic acids is 3. The monoisotopic (exact) mass is 405 g/mol. The zero-order valence-electron chi connectivity index (χ0n) is 15.4. The molecule has 0 fully saturated rings. The smallest absolute Gasteiger partial charge is 0.276 e. The van der Waals surface area contributed by atoms with Crippen molar-refractivity contribution in [2.24, 2.45) is 0 Å². The van der Waals surface area contributed by atoms with Crippen molar-refractivity contribution < 1.29 is 23.5 Å². The van der Waals surface area contributed by atoms with Gasteiger partial charge in [-0.2, -0.15) is 0 Å². The lowest BCUT2D eigenvalue weighted by atomic mass is 10.2. The van der Waals surface area contributed by atoms with E-state index in [1.807, 2.05) is 0 Å². The van der Waals surface area contributed by atoms with Crippen LogP contribution in [0, 0.1) is 5.82 Å². The van der Waals surface area contributed by atoms with Crippen LogP contribution in [0.15, 0.2) is 53.4 Å². The van der Waals surface area contributed by atoms with Crippen molar-refractivity contribution in [3.8, 4) is 5.75 Å². The van der Waals surface area contributed by atoms with Gasteiger partial charge in [0.25, 0.3) is 11.8 Å². The third-order valence-corrected chi connectivity index (χ3v) is 4.55. The Morgan fingerprint density at radius 1 is 1.04 bits per heavy atom. The minimum Gasteiger partial charge on any atom is -0.481 e. The lowest BCUT2D eigenvalue weighted by Crippen LogP contribution is -2.44. The average molecular weight is 405 g/mol. The second kappa shape index (κ2) is 10.3. The van der Waals surface area contributed by atoms with Crippen molar-refractivity contribution in [2.45, 2.75) is 4.90 Å². The van der Waals surface area contributed by atoms with Gasteiger partial charge in [-0.1, -0.05) is 24.3 Å². The van der Waals surface area contributed by atoms with Crippen LogP contribution in [0.5, 0.6) is 5.75 Å². The summed E-state index contributed by atoms with van der Waals surface area (Å²) in [6.07, 6.45) is 0. The number of thioether (sulfide) groups is 1. The van der Waals surface area contributed by atoms with Gasteiger partial charge in [-0.25, -0.2) is 4.39 Å². The van der Waals surface area contributed by atoms with Crippen LogP contribution < -0.4 is 15.6 Å². The molecular weight excluding hydrogens is 385 g/mol. The van der Waals surface area contributed by atoms with E-state index in [-0.39, 0.29) is 17.4 Å². The third kappa shape index (κ3) is 6.27. The van der Waals surface area contributed by atoms with Crippen molar-refractivity contribution in [3.63, 3.8) is 0 Å². The van der Waals surface area contributed by atoms with Crippen molar-refractivity contribution in [1.29, 1.82) is 0 Å². The van der Waals surface area contributed by atoms with E-state index >= 15 is 0 Å². The lowest BCUT2D eigenvalue weighted by molar-refractivity contribution is -0.126. The molecule has 2 aromatic rings. The van der Waals surface area contributed by atoms with E-state index in [2.05, 4.69) is 10.9 Å². The van der Waals surface area contributed by atoms with E-state index in [1.54, 1.807) is 44.4 Å². The van der Waals surface area contributed by atoms with Gasteiger partial charge in [0.2, 0.25) is 5.91 Å². The van der Waals surface area contributed by atoms with Gasteiger partial charge in [0.15, 0.2) is 18.2 Å². The average Bonchev–Trinajstić information content (AvgIpc) is 2.69. The molecule has 0 atom stereocenters. The number of ether oxygens (including phenoxy) is 1. The summed E-state index contributed by atoms with van der Waals surface area (Å²) in [6, 6.07) is 12.4. The summed E-state index contributed by atoms with van der Waals surface area (Å²) in [5, 5.41) is 0. The van der Waals surface area contributed by atoms with Crippen LogP contribution in [-0.2, 0) is 9.59 Å². The van der Waals surface area contributed by atoms with Crippen molar-refractivity contribution in [3.05, 3.63) is 59.9 Å². The summed E-state index contributed by atoms with van der Waals surface area (Å²) in [7, 11) is 3.31. The molecule has 2 N–H and O–H groups in total. The number of hydrogen-bond donors (Lipinski definition) is 2. The zero-order valence-corrected chi connectivity index (χ0v) is 16.2. The largest absolute Gasteiger partial charge is 0.481 e. The van der Waals surface area contributed by atoms with Crippen LogP contribution in [0.4, 0.5) is 4.39 Å². The number of carbonyl (C=O) groups is 3. The minimum absolute atomic E-state index is 0.0590. The molecule has 28 heavy (non-hydrogen) atoms. The molecule has 2 aromatic carbocycles. The Balaban J connectivity index is 1.88. The summed E-state index contributed by atoms with van der Waals surface area (Å²) in [5.74, 6) is -1.74. The summed E-state index contributed by atoms with van der Waals surface area (Å²) in [6.45, 7) is -0.463. The van der Waals surface area contributed by atoms with E-state index < -0.39 is 24.2 Å². The van der Waals surface area contributed by atoms with Crippen LogP contribution in [0.1, 0.15) is 10.4 Å². The fourth-order valence-electron chi connectivity index (χ4n) is 1.98. The predicted octanol–water partition coefficient (Wildman–Crippen LogP) is 1.85. The van der Waals surface area contributed by atoms with Crippen LogP contribution in [0.25, 0.3) is 0 Å². The standard InChI is InChI=1S/C19H20FN3O4S/c1-23(2)18(25)12-28-16-10-6-3-7-13(16)19(26)22-21-17(24)11-27-15-9-5-4-8-14(15)20/h3-10H,11-12H2,1-2H3,(H,21,24)(H,22,26). The van der Waals surface area contributed by atoms with Gasteiger partial charge >= 0.3 is 0 Å². The van der Waals surface area contributed by atoms with E-state index in [0.717, 1.165) is 0 Å². The number of para-hydroxylation sites is 1. The first kappa shape index (κ1) is 21.2. The molecular formula is C19H20FN3O4S. The molecule has 0 heterocycles. The summed E-state index contributed by atoms with van der Waals surface area (Å²) in [4.78, 5) is 38.0. The molecule has 9 heteroatoms. The molecule has 148 valence electrons. The van der Waals surface area contributed by atoms with E-state index in [0.29, 0.717) is 10.5 Å². The number of rotatable bonds is 7. The van der Waals surface area contributed by atoms with Crippen molar-refractivity contribution in [2.75, 3.05) is 26.5 Å². The lowest BCUT2D eigenvalue weighted by Gasteiger charge is -2.13. The summed E-state index contributed by atoms with van der Waals surface area (Å²) < 4.78 is 18.5.